The molecule has 0 fully saturated rings. The molecule has 0 aromatic heterocycles. The maximum absolute atomic E-state index is 11.2. The highest BCUT2D eigenvalue weighted by atomic mass is 28.4. The van der Waals surface area contributed by atoms with Crippen molar-refractivity contribution >= 4 is 20.0 Å². The van der Waals surface area contributed by atoms with Gasteiger partial charge in [-0.1, -0.05) is 38.7 Å². The van der Waals surface area contributed by atoms with E-state index in [0.29, 0.717) is 25.1 Å². The summed E-state index contributed by atoms with van der Waals surface area (Å²) < 4.78 is 6.15. The minimum Gasteiger partial charge on any atom is -0.481 e. The molecule has 172 valence electrons. The number of non-ortho nitro benzene ring substituents is 1. The van der Waals surface area contributed by atoms with Crippen molar-refractivity contribution in [1.82, 2.24) is 5.32 Å². The second-order valence-electron chi connectivity index (χ2n) is 9.91. The van der Waals surface area contributed by atoms with E-state index in [1.165, 1.54) is 12.1 Å². The van der Waals surface area contributed by atoms with Crippen molar-refractivity contribution in [3.8, 4) is 11.8 Å². The van der Waals surface area contributed by atoms with E-state index in [1.54, 1.807) is 19.9 Å². The number of nitro benzene ring substituents is 1. The predicted molar refractivity (Wildman–Crippen MR) is 126 cm³/mol. The van der Waals surface area contributed by atoms with Crippen LogP contribution in [0.2, 0.25) is 18.1 Å². The van der Waals surface area contributed by atoms with E-state index in [-0.39, 0.29) is 17.1 Å². The highest BCUT2D eigenvalue weighted by molar-refractivity contribution is 6.74. The molecule has 0 heterocycles. The quantitative estimate of drug-likeness (QED) is 0.178. The van der Waals surface area contributed by atoms with E-state index >= 15 is 0 Å². The van der Waals surface area contributed by atoms with Gasteiger partial charge >= 0.3 is 5.97 Å². The number of carbonyl (C=O) groups is 1. The molecule has 8 heteroatoms. The summed E-state index contributed by atoms with van der Waals surface area (Å²) in [6.07, 6.45) is 0.557. The van der Waals surface area contributed by atoms with Gasteiger partial charge in [-0.15, -0.1) is 0 Å². The maximum atomic E-state index is 11.2. The van der Waals surface area contributed by atoms with E-state index in [0.717, 1.165) is 12.1 Å². The highest BCUT2D eigenvalue weighted by Crippen LogP contribution is 2.36. The molecule has 2 N–H and O–H groups in total. The van der Waals surface area contributed by atoms with Gasteiger partial charge in [0.2, 0.25) is 0 Å². The zero-order valence-corrected chi connectivity index (χ0v) is 20.8. The summed E-state index contributed by atoms with van der Waals surface area (Å²) in [4.78, 5) is 21.7. The molecular formula is C23H36N2O5Si. The van der Waals surface area contributed by atoms with E-state index in [2.05, 4.69) is 51.0 Å². The van der Waals surface area contributed by atoms with Crippen LogP contribution in [0.5, 0.6) is 0 Å². The molecule has 0 aliphatic carbocycles. The van der Waals surface area contributed by atoms with Gasteiger partial charge in [0, 0.05) is 36.3 Å². The van der Waals surface area contributed by atoms with Crippen molar-refractivity contribution in [2.75, 3.05) is 19.7 Å². The van der Waals surface area contributed by atoms with Crippen LogP contribution in [0.25, 0.3) is 0 Å². The number of nitrogens with zero attached hydrogens (tertiary/aromatic N) is 1. The Bertz CT molecular complexity index is 848. The largest absolute Gasteiger partial charge is 0.481 e. The molecule has 0 amide bonds. The van der Waals surface area contributed by atoms with Crippen molar-refractivity contribution in [2.45, 2.75) is 65.6 Å². The zero-order chi connectivity index (χ0) is 23.9. The van der Waals surface area contributed by atoms with Gasteiger partial charge in [0.1, 0.15) is 0 Å². The van der Waals surface area contributed by atoms with Gasteiger partial charge in [-0.25, -0.2) is 0 Å². The first-order chi connectivity index (χ1) is 14.1. The third-order valence-electron chi connectivity index (χ3n) is 5.55. The lowest BCUT2D eigenvalue weighted by atomic mass is 9.89. The Hall–Kier alpha value is -2.21. The number of benzene rings is 1. The Morgan fingerprint density at radius 3 is 2.42 bits per heavy atom. The monoisotopic (exact) mass is 448 g/mol. The van der Waals surface area contributed by atoms with Crippen LogP contribution in [0, 0.1) is 27.4 Å². The molecule has 0 radical (unpaired) electrons. The summed E-state index contributed by atoms with van der Waals surface area (Å²) in [6.45, 7) is 16.6. The van der Waals surface area contributed by atoms with Gasteiger partial charge in [-0.05, 0) is 50.5 Å². The first-order valence-electron chi connectivity index (χ1n) is 10.5. The van der Waals surface area contributed by atoms with Crippen LogP contribution < -0.4 is 5.32 Å². The first-order valence-corrected chi connectivity index (χ1v) is 13.4. The van der Waals surface area contributed by atoms with Crippen LogP contribution in [0.15, 0.2) is 18.2 Å². The second-order valence-corrected chi connectivity index (χ2v) is 14.7. The summed E-state index contributed by atoms with van der Waals surface area (Å²) in [5, 5.41) is 23.7. The van der Waals surface area contributed by atoms with Gasteiger partial charge in [-0.3, -0.25) is 14.9 Å². The van der Waals surface area contributed by atoms with Gasteiger partial charge in [0.25, 0.3) is 5.69 Å². The fraction of sp³-hybridized carbons (Fsp3) is 0.609. The first kappa shape index (κ1) is 26.8. The SMILES string of the molecule is CC(C)(C#Cc1cc([N+](=O)[O-])ccc1CCNCCO[Si](C)(C)C(C)(C)C)CC(=O)O. The van der Waals surface area contributed by atoms with Gasteiger partial charge in [-0.2, -0.15) is 0 Å². The minimum absolute atomic E-state index is 0.0279. The van der Waals surface area contributed by atoms with Crippen LogP contribution in [0.3, 0.4) is 0 Å². The van der Waals surface area contributed by atoms with E-state index in [1.807, 2.05) is 0 Å². The topological polar surface area (TPSA) is 102 Å². The standard InChI is InChI=1S/C23H36N2O5Si/c1-22(2,3)31(6,7)30-15-14-24-13-11-18-8-9-20(25(28)29)16-19(18)10-12-23(4,5)17-21(26)27/h8-9,16,24H,11,13-15,17H2,1-7H3,(H,26,27). The van der Waals surface area contributed by atoms with Crippen LogP contribution in [-0.4, -0.2) is 44.0 Å². The number of hydrogen-bond acceptors (Lipinski definition) is 5. The van der Waals surface area contributed by atoms with Gasteiger partial charge < -0.3 is 14.8 Å². The normalized spacial score (nSPS) is 12.2. The molecule has 0 bridgehead atoms. The van der Waals surface area contributed by atoms with Crippen LogP contribution in [0.1, 0.15) is 52.2 Å². The molecule has 1 rings (SSSR count). The number of nitro groups is 1. The Labute approximate surface area is 186 Å². The van der Waals surface area contributed by atoms with E-state index < -0.39 is 24.6 Å². The third-order valence-corrected chi connectivity index (χ3v) is 10.1. The molecule has 7 nitrogen and oxygen atoms in total. The fourth-order valence-electron chi connectivity index (χ4n) is 2.61. The number of carboxylic acid groups (broad SMARTS) is 1. The predicted octanol–water partition coefficient (Wildman–Crippen LogP) is 4.60. The van der Waals surface area contributed by atoms with Crippen molar-refractivity contribution in [2.24, 2.45) is 5.41 Å². The van der Waals surface area contributed by atoms with Crippen LogP contribution in [-0.2, 0) is 15.6 Å². The van der Waals surface area contributed by atoms with Crippen LogP contribution >= 0.6 is 0 Å². The lowest BCUT2D eigenvalue weighted by Crippen LogP contribution is -2.42. The molecule has 31 heavy (non-hydrogen) atoms. The third kappa shape index (κ3) is 9.21. The summed E-state index contributed by atoms with van der Waals surface area (Å²) in [7, 11) is -1.76. The van der Waals surface area contributed by atoms with E-state index in [9.17, 15) is 14.9 Å². The molecule has 0 aliphatic heterocycles. The molecule has 1 aromatic rings. The van der Waals surface area contributed by atoms with Crippen molar-refractivity contribution in [3.05, 3.63) is 39.4 Å². The number of rotatable bonds is 10. The Morgan fingerprint density at radius 1 is 1.23 bits per heavy atom. The average Bonchev–Trinajstić information content (AvgIpc) is 2.61. The number of hydrogen-bond donors (Lipinski definition) is 2. The fourth-order valence-corrected chi connectivity index (χ4v) is 3.66. The Kier molecular flexibility index (Phi) is 9.42. The number of nitrogens with one attached hydrogen (secondary N) is 1. The summed E-state index contributed by atoms with van der Waals surface area (Å²) in [5.74, 6) is 5.02. The maximum Gasteiger partial charge on any atom is 0.304 e. The zero-order valence-electron chi connectivity index (χ0n) is 19.8. The molecule has 0 unspecified atom stereocenters. The molecule has 0 aliphatic rings. The Balaban J connectivity index is 2.78. The van der Waals surface area contributed by atoms with E-state index in [4.69, 9.17) is 9.53 Å². The van der Waals surface area contributed by atoms with Gasteiger partial charge in [0.05, 0.1) is 11.3 Å². The van der Waals surface area contributed by atoms with Gasteiger partial charge in [0.15, 0.2) is 8.32 Å². The summed E-state index contributed by atoms with van der Waals surface area (Å²) in [5.41, 5.74) is 0.696. The summed E-state index contributed by atoms with van der Waals surface area (Å²) >= 11 is 0. The number of aliphatic carboxylic acids is 1. The van der Waals surface area contributed by atoms with Crippen molar-refractivity contribution < 1.29 is 19.3 Å². The smallest absolute Gasteiger partial charge is 0.304 e. The lowest BCUT2D eigenvalue weighted by molar-refractivity contribution is -0.384. The Morgan fingerprint density at radius 2 is 1.87 bits per heavy atom. The van der Waals surface area contributed by atoms with Crippen LogP contribution in [0.4, 0.5) is 5.69 Å². The molecule has 0 saturated carbocycles. The average molecular weight is 449 g/mol. The highest BCUT2D eigenvalue weighted by Gasteiger charge is 2.36. The molecule has 0 saturated heterocycles. The molecule has 0 spiro atoms. The molecule has 1 aromatic carbocycles. The van der Waals surface area contributed by atoms with Crippen molar-refractivity contribution in [1.29, 1.82) is 0 Å². The number of carboxylic acids is 1. The minimum atomic E-state index is -1.76. The summed E-state index contributed by atoms with van der Waals surface area (Å²) in [6, 6.07) is 4.66. The second kappa shape index (κ2) is 10.9. The molecular weight excluding hydrogens is 412 g/mol. The lowest BCUT2D eigenvalue weighted by Gasteiger charge is -2.36. The van der Waals surface area contributed by atoms with Crippen molar-refractivity contribution in [3.63, 3.8) is 0 Å². The molecule has 0 atom stereocenters.